The first-order chi connectivity index (χ1) is 9.22. The lowest BCUT2D eigenvalue weighted by Crippen LogP contribution is -2.48. The Bertz CT molecular complexity index is 332. The molecule has 19 heavy (non-hydrogen) atoms. The van der Waals surface area contributed by atoms with Gasteiger partial charge in [-0.2, -0.15) is 0 Å². The van der Waals surface area contributed by atoms with Gasteiger partial charge in [0.1, 0.15) is 5.78 Å². The van der Waals surface area contributed by atoms with Gasteiger partial charge >= 0.3 is 0 Å². The van der Waals surface area contributed by atoms with E-state index in [4.69, 9.17) is 4.74 Å². The van der Waals surface area contributed by atoms with Crippen LogP contribution in [0.5, 0.6) is 0 Å². The minimum Gasteiger partial charge on any atom is -0.375 e. The summed E-state index contributed by atoms with van der Waals surface area (Å²) < 4.78 is 6.02. The summed E-state index contributed by atoms with van der Waals surface area (Å²) >= 11 is 0. The Balaban J connectivity index is 1.63. The van der Waals surface area contributed by atoms with Gasteiger partial charge < -0.3 is 4.74 Å². The third-order valence-electron chi connectivity index (χ3n) is 5.86. The maximum absolute atomic E-state index is 12.3. The van der Waals surface area contributed by atoms with E-state index in [0.29, 0.717) is 17.6 Å². The second-order valence-corrected chi connectivity index (χ2v) is 7.14. The van der Waals surface area contributed by atoms with Crippen LogP contribution in [-0.4, -0.2) is 18.0 Å². The highest BCUT2D eigenvalue weighted by atomic mass is 16.5. The first-order valence-corrected chi connectivity index (χ1v) is 8.39. The number of Topliss-reactive ketones (excluding diaryl/α,β-unsaturated/α-hetero) is 1. The number of hydrogen-bond acceptors (Lipinski definition) is 2. The Kier molecular flexibility index (Phi) is 3.98. The van der Waals surface area contributed by atoms with Gasteiger partial charge in [-0.05, 0) is 56.8 Å². The normalized spacial score (nSPS) is 38.2. The molecule has 0 radical (unpaired) electrons. The molecule has 108 valence electrons. The zero-order valence-electron chi connectivity index (χ0n) is 12.3. The smallest absolute Gasteiger partial charge is 0.136 e. The standard InChI is InChI=1S/C17H28O2/c1-2-4-13-5-6-16(18)15(11-13)14-7-10-19-17(12-14)8-3-9-17/h13-15H,2-12H2,1H3. The monoisotopic (exact) mass is 264 g/mol. The van der Waals surface area contributed by atoms with E-state index in [0.717, 1.165) is 31.8 Å². The molecule has 3 aliphatic rings. The number of ether oxygens (including phenoxy) is 1. The van der Waals surface area contributed by atoms with Crippen LogP contribution in [0.1, 0.15) is 71.1 Å². The van der Waals surface area contributed by atoms with Crippen LogP contribution in [0, 0.1) is 17.8 Å². The van der Waals surface area contributed by atoms with Crippen molar-refractivity contribution >= 4 is 5.78 Å². The van der Waals surface area contributed by atoms with Crippen LogP contribution in [0.2, 0.25) is 0 Å². The molecule has 3 unspecified atom stereocenters. The molecule has 1 heterocycles. The fourth-order valence-corrected chi connectivity index (χ4v) is 4.59. The number of hydrogen-bond donors (Lipinski definition) is 0. The van der Waals surface area contributed by atoms with Gasteiger partial charge in [0, 0.05) is 18.9 Å². The molecule has 0 aromatic heterocycles. The predicted molar refractivity (Wildman–Crippen MR) is 76.0 cm³/mol. The summed E-state index contributed by atoms with van der Waals surface area (Å²) in [6.07, 6.45) is 11.8. The van der Waals surface area contributed by atoms with Crippen molar-refractivity contribution in [2.24, 2.45) is 17.8 Å². The average Bonchev–Trinajstić information content (AvgIpc) is 2.40. The van der Waals surface area contributed by atoms with E-state index in [9.17, 15) is 4.79 Å². The van der Waals surface area contributed by atoms with Crippen molar-refractivity contribution in [1.82, 2.24) is 0 Å². The number of ketones is 1. The third-order valence-corrected chi connectivity index (χ3v) is 5.86. The van der Waals surface area contributed by atoms with E-state index in [-0.39, 0.29) is 5.60 Å². The Hall–Kier alpha value is -0.370. The van der Waals surface area contributed by atoms with Crippen LogP contribution in [0.3, 0.4) is 0 Å². The fraction of sp³-hybridized carbons (Fsp3) is 0.941. The minimum absolute atomic E-state index is 0.195. The topological polar surface area (TPSA) is 26.3 Å². The molecule has 2 aliphatic carbocycles. The molecule has 2 saturated carbocycles. The van der Waals surface area contributed by atoms with Crippen molar-refractivity contribution < 1.29 is 9.53 Å². The van der Waals surface area contributed by atoms with Crippen LogP contribution in [0.25, 0.3) is 0 Å². The molecule has 1 saturated heterocycles. The number of carbonyl (C=O) groups is 1. The van der Waals surface area contributed by atoms with E-state index < -0.39 is 0 Å². The highest BCUT2D eigenvalue weighted by molar-refractivity contribution is 5.82. The van der Waals surface area contributed by atoms with Crippen molar-refractivity contribution in [1.29, 1.82) is 0 Å². The number of carbonyl (C=O) groups excluding carboxylic acids is 1. The van der Waals surface area contributed by atoms with Crippen molar-refractivity contribution in [2.75, 3.05) is 6.61 Å². The summed E-state index contributed by atoms with van der Waals surface area (Å²) in [5.41, 5.74) is 0.195. The Morgan fingerprint density at radius 3 is 2.84 bits per heavy atom. The molecule has 1 spiro atoms. The van der Waals surface area contributed by atoms with Crippen molar-refractivity contribution in [3.8, 4) is 0 Å². The second kappa shape index (κ2) is 5.55. The maximum Gasteiger partial charge on any atom is 0.136 e. The lowest BCUT2D eigenvalue weighted by Gasteiger charge is -2.49. The van der Waals surface area contributed by atoms with E-state index in [2.05, 4.69) is 6.92 Å². The number of rotatable bonds is 3. The molecule has 0 aromatic carbocycles. The third kappa shape index (κ3) is 2.74. The van der Waals surface area contributed by atoms with Gasteiger partial charge in [-0.1, -0.05) is 19.8 Å². The lowest BCUT2D eigenvalue weighted by atomic mass is 9.65. The quantitative estimate of drug-likeness (QED) is 0.766. The summed E-state index contributed by atoms with van der Waals surface area (Å²) in [7, 11) is 0. The van der Waals surface area contributed by atoms with E-state index in [1.54, 1.807) is 0 Å². The van der Waals surface area contributed by atoms with Gasteiger partial charge in [0.25, 0.3) is 0 Å². The largest absolute Gasteiger partial charge is 0.375 e. The summed E-state index contributed by atoms with van der Waals surface area (Å²) in [6.45, 7) is 3.16. The van der Waals surface area contributed by atoms with E-state index >= 15 is 0 Å². The molecule has 0 aromatic rings. The van der Waals surface area contributed by atoms with Crippen molar-refractivity contribution in [3.63, 3.8) is 0 Å². The van der Waals surface area contributed by atoms with Crippen LogP contribution in [0.15, 0.2) is 0 Å². The molecule has 2 nitrogen and oxygen atoms in total. The molecule has 2 heteroatoms. The van der Waals surface area contributed by atoms with Gasteiger partial charge in [-0.15, -0.1) is 0 Å². The first-order valence-electron chi connectivity index (χ1n) is 8.39. The van der Waals surface area contributed by atoms with Crippen LogP contribution < -0.4 is 0 Å². The summed E-state index contributed by atoms with van der Waals surface area (Å²) in [5, 5.41) is 0. The van der Waals surface area contributed by atoms with E-state index in [1.165, 1.54) is 44.9 Å². The van der Waals surface area contributed by atoms with Gasteiger partial charge in [0.05, 0.1) is 5.60 Å². The predicted octanol–water partition coefficient (Wildman–Crippen LogP) is 4.12. The summed E-state index contributed by atoms with van der Waals surface area (Å²) in [6, 6.07) is 0. The van der Waals surface area contributed by atoms with E-state index in [1.807, 2.05) is 0 Å². The van der Waals surface area contributed by atoms with Gasteiger partial charge in [0.15, 0.2) is 0 Å². The first kappa shape index (κ1) is 13.6. The van der Waals surface area contributed by atoms with Gasteiger partial charge in [-0.3, -0.25) is 4.79 Å². The van der Waals surface area contributed by atoms with Crippen molar-refractivity contribution in [3.05, 3.63) is 0 Å². The Morgan fingerprint density at radius 2 is 2.16 bits per heavy atom. The van der Waals surface area contributed by atoms with Gasteiger partial charge in [0.2, 0.25) is 0 Å². The summed E-state index contributed by atoms with van der Waals surface area (Å²) in [4.78, 5) is 12.3. The highest BCUT2D eigenvalue weighted by Gasteiger charge is 2.46. The SMILES string of the molecule is CCCC1CCC(=O)C(C2CCOC3(CCC3)C2)C1. The summed E-state index contributed by atoms with van der Waals surface area (Å²) in [5.74, 6) is 2.37. The van der Waals surface area contributed by atoms with Crippen molar-refractivity contribution in [2.45, 2.75) is 76.7 Å². The fourth-order valence-electron chi connectivity index (χ4n) is 4.59. The molecule has 0 bridgehead atoms. The average molecular weight is 264 g/mol. The molecular formula is C17H28O2. The molecule has 3 rings (SSSR count). The molecule has 1 aliphatic heterocycles. The Labute approximate surface area is 117 Å². The van der Waals surface area contributed by atoms with Crippen LogP contribution >= 0.6 is 0 Å². The second-order valence-electron chi connectivity index (χ2n) is 7.14. The minimum atomic E-state index is 0.195. The lowest BCUT2D eigenvalue weighted by molar-refractivity contribution is -0.157. The molecule has 3 fully saturated rings. The molecule has 3 atom stereocenters. The Morgan fingerprint density at radius 1 is 1.32 bits per heavy atom. The molecular weight excluding hydrogens is 236 g/mol. The zero-order valence-corrected chi connectivity index (χ0v) is 12.3. The highest BCUT2D eigenvalue weighted by Crippen LogP contribution is 2.48. The van der Waals surface area contributed by atoms with Gasteiger partial charge in [-0.25, -0.2) is 0 Å². The van der Waals surface area contributed by atoms with Crippen LogP contribution in [-0.2, 0) is 9.53 Å². The maximum atomic E-state index is 12.3. The zero-order chi connectivity index (χ0) is 13.3. The molecule has 0 N–H and O–H groups in total. The van der Waals surface area contributed by atoms with Crippen LogP contribution in [0.4, 0.5) is 0 Å². The molecule has 0 amide bonds.